The topological polar surface area (TPSA) is 70.4 Å². The number of hydrogen-bond donors (Lipinski definition) is 2. The number of nitrogens with one attached hydrogen (secondary N) is 1. The van der Waals surface area contributed by atoms with E-state index >= 15 is 0 Å². The van der Waals surface area contributed by atoms with Crippen molar-refractivity contribution in [3.8, 4) is 5.88 Å². The van der Waals surface area contributed by atoms with Gasteiger partial charge in [-0.25, -0.2) is 0 Å². The van der Waals surface area contributed by atoms with Crippen LogP contribution in [0, 0.1) is 16.6 Å². The normalized spacial score (nSPS) is 25.5. The molecule has 0 aliphatic heterocycles. The molecule has 2 N–H and O–H groups in total. The fourth-order valence-corrected chi connectivity index (χ4v) is 3.18. The monoisotopic (exact) mass is 321 g/mol. The van der Waals surface area contributed by atoms with Gasteiger partial charge in [-0.05, 0) is 30.5 Å². The van der Waals surface area contributed by atoms with Crippen molar-refractivity contribution in [2.75, 3.05) is 0 Å². The van der Waals surface area contributed by atoms with Gasteiger partial charge in [0.2, 0.25) is 5.88 Å². The van der Waals surface area contributed by atoms with Gasteiger partial charge in [0.25, 0.3) is 5.56 Å². The van der Waals surface area contributed by atoms with Crippen molar-refractivity contribution in [2.24, 2.45) is 16.8 Å². The molecule has 120 valence electrons. The summed E-state index contributed by atoms with van der Waals surface area (Å²) < 4.78 is 1.61. The second kappa shape index (κ2) is 7.05. The zero-order valence-electron chi connectivity index (χ0n) is 13.1. The fourth-order valence-electron chi connectivity index (χ4n) is 2.92. The molecule has 1 fully saturated rings. The molecule has 6 heteroatoms. The molecule has 0 spiro atoms. The lowest BCUT2D eigenvalue weighted by Gasteiger charge is -2.31. The van der Waals surface area contributed by atoms with Crippen molar-refractivity contribution in [1.82, 2.24) is 9.55 Å². The van der Waals surface area contributed by atoms with Crippen LogP contribution < -0.4 is 5.56 Å². The highest BCUT2D eigenvalue weighted by molar-refractivity contribution is 7.71. The largest absolute Gasteiger partial charge is 0.494 e. The second-order valence-corrected chi connectivity index (χ2v) is 6.40. The molecule has 1 aliphatic carbocycles. The van der Waals surface area contributed by atoms with Crippen LogP contribution >= 0.6 is 12.2 Å². The molecular weight excluding hydrogens is 298 g/mol. The molecule has 0 bridgehead atoms. The number of rotatable bonds is 4. The zero-order valence-corrected chi connectivity index (χ0v) is 13.9. The van der Waals surface area contributed by atoms with Crippen LogP contribution in [0.15, 0.2) is 22.4 Å². The maximum atomic E-state index is 12.0. The van der Waals surface area contributed by atoms with Gasteiger partial charge >= 0.3 is 0 Å². The Morgan fingerprint density at radius 1 is 1.50 bits per heavy atom. The van der Waals surface area contributed by atoms with Gasteiger partial charge in [0.05, 0.1) is 6.04 Å². The fraction of sp³-hybridized carbons (Fsp3) is 0.562. The summed E-state index contributed by atoms with van der Waals surface area (Å²) in [6.07, 6.45) is 6.49. The lowest BCUT2D eigenvalue weighted by molar-refractivity contribution is 0.242. The highest BCUT2D eigenvalue weighted by Gasteiger charge is 2.26. The average Bonchev–Trinajstić information content (AvgIpc) is 2.47. The zero-order chi connectivity index (χ0) is 16.3. The van der Waals surface area contributed by atoms with E-state index in [4.69, 9.17) is 12.2 Å². The molecule has 1 heterocycles. The first-order valence-electron chi connectivity index (χ1n) is 7.65. The summed E-state index contributed by atoms with van der Waals surface area (Å²) in [7, 11) is 0. The van der Waals surface area contributed by atoms with Crippen molar-refractivity contribution in [3.05, 3.63) is 33.3 Å². The highest BCUT2D eigenvalue weighted by Crippen LogP contribution is 2.31. The van der Waals surface area contributed by atoms with Crippen LogP contribution in [0.2, 0.25) is 0 Å². The Labute approximate surface area is 135 Å². The Hall–Kier alpha value is -1.69. The standard InChI is InChI=1S/C16H23N3O2S/c1-4-8-19-15(21)12(14(20)18-16(19)22)9-17-13-7-5-6-10(2)11(13)3/h4,9-11,13,21H,1,5-8H2,2-3H3,(H,18,20,22)/t10-,11+,13-/m0/s1. The van der Waals surface area contributed by atoms with Gasteiger partial charge in [0, 0.05) is 12.8 Å². The molecule has 22 heavy (non-hydrogen) atoms. The summed E-state index contributed by atoms with van der Waals surface area (Å²) in [5.74, 6) is 0.946. The Morgan fingerprint density at radius 3 is 2.91 bits per heavy atom. The molecular formula is C16H23N3O2S. The Balaban J connectivity index is 2.35. The first-order chi connectivity index (χ1) is 10.5. The molecule has 2 rings (SSSR count). The van der Waals surface area contributed by atoms with Gasteiger partial charge in [-0.2, -0.15) is 0 Å². The van der Waals surface area contributed by atoms with Crippen molar-refractivity contribution >= 4 is 18.4 Å². The number of aromatic nitrogens is 2. The van der Waals surface area contributed by atoms with Crippen LogP contribution in [0.1, 0.15) is 38.7 Å². The van der Waals surface area contributed by atoms with Crippen LogP contribution in [0.3, 0.4) is 0 Å². The van der Waals surface area contributed by atoms with Crippen molar-refractivity contribution in [1.29, 1.82) is 0 Å². The van der Waals surface area contributed by atoms with E-state index in [0.29, 0.717) is 18.4 Å². The number of aromatic hydroxyl groups is 1. The summed E-state index contributed by atoms with van der Waals surface area (Å²) in [6.45, 7) is 8.39. The van der Waals surface area contributed by atoms with Crippen molar-refractivity contribution in [3.63, 3.8) is 0 Å². The molecule has 0 radical (unpaired) electrons. The Bertz CT molecular complexity index is 690. The maximum absolute atomic E-state index is 12.0. The predicted octanol–water partition coefficient (Wildman–Crippen LogP) is 3.04. The Kier molecular flexibility index (Phi) is 5.34. The minimum Gasteiger partial charge on any atom is -0.494 e. The number of nitrogens with zero attached hydrogens (tertiary/aromatic N) is 2. The predicted molar refractivity (Wildman–Crippen MR) is 91.3 cm³/mol. The Morgan fingerprint density at radius 2 is 2.23 bits per heavy atom. The van der Waals surface area contributed by atoms with E-state index < -0.39 is 5.56 Å². The molecule has 1 aromatic heterocycles. The minimum atomic E-state index is -0.414. The molecule has 1 saturated carbocycles. The molecule has 1 aromatic rings. The van der Waals surface area contributed by atoms with Gasteiger partial charge in [-0.1, -0.05) is 32.8 Å². The van der Waals surface area contributed by atoms with Crippen LogP contribution in [-0.4, -0.2) is 26.9 Å². The van der Waals surface area contributed by atoms with Gasteiger partial charge in [-0.3, -0.25) is 19.3 Å². The van der Waals surface area contributed by atoms with Crippen molar-refractivity contribution in [2.45, 2.75) is 45.7 Å². The van der Waals surface area contributed by atoms with Gasteiger partial charge < -0.3 is 5.11 Å². The summed E-state index contributed by atoms with van der Waals surface area (Å²) in [5.41, 5.74) is -0.260. The van der Waals surface area contributed by atoms with E-state index in [1.54, 1.807) is 6.08 Å². The van der Waals surface area contributed by atoms with Crippen LogP contribution in [0.25, 0.3) is 0 Å². The third kappa shape index (κ3) is 3.38. The van der Waals surface area contributed by atoms with Crippen molar-refractivity contribution < 1.29 is 5.11 Å². The first-order valence-corrected chi connectivity index (χ1v) is 8.06. The summed E-state index contributed by atoms with van der Waals surface area (Å²) in [4.78, 5) is 19.1. The highest BCUT2D eigenvalue weighted by atomic mass is 32.1. The summed E-state index contributed by atoms with van der Waals surface area (Å²) in [5, 5.41) is 10.3. The second-order valence-electron chi connectivity index (χ2n) is 6.01. The van der Waals surface area contributed by atoms with Crippen LogP contribution in [-0.2, 0) is 6.54 Å². The number of H-pyrrole nitrogens is 1. The quantitative estimate of drug-likeness (QED) is 0.509. The molecule has 5 nitrogen and oxygen atoms in total. The average molecular weight is 321 g/mol. The third-order valence-corrected chi connectivity index (χ3v) is 4.90. The lowest BCUT2D eigenvalue weighted by Crippen LogP contribution is -2.28. The van der Waals surface area contributed by atoms with E-state index in [-0.39, 0.29) is 22.3 Å². The molecule has 0 unspecified atom stereocenters. The summed E-state index contributed by atoms with van der Waals surface area (Å²) in [6, 6.07) is 0.193. The van der Waals surface area contributed by atoms with E-state index in [9.17, 15) is 9.90 Å². The van der Waals surface area contributed by atoms with Gasteiger partial charge in [-0.15, -0.1) is 6.58 Å². The van der Waals surface area contributed by atoms with E-state index in [0.717, 1.165) is 12.8 Å². The number of aromatic amines is 1. The van der Waals surface area contributed by atoms with Crippen LogP contribution in [0.4, 0.5) is 0 Å². The molecule has 3 atom stereocenters. The third-order valence-electron chi connectivity index (χ3n) is 4.58. The summed E-state index contributed by atoms with van der Waals surface area (Å²) >= 11 is 5.05. The number of allylic oxidation sites excluding steroid dienone is 1. The number of hydrogen-bond acceptors (Lipinski definition) is 4. The molecule has 0 aromatic carbocycles. The van der Waals surface area contributed by atoms with E-state index in [2.05, 4.69) is 30.4 Å². The van der Waals surface area contributed by atoms with Gasteiger partial charge in [0.15, 0.2) is 4.77 Å². The lowest BCUT2D eigenvalue weighted by atomic mass is 9.78. The number of aliphatic imine (C=N–C) groups is 1. The van der Waals surface area contributed by atoms with E-state index in [1.165, 1.54) is 17.2 Å². The smallest absolute Gasteiger partial charge is 0.264 e. The van der Waals surface area contributed by atoms with Crippen LogP contribution in [0.5, 0.6) is 5.88 Å². The van der Waals surface area contributed by atoms with Gasteiger partial charge in [0.1, 0.15) is 5.56 Å². The first kappa shape index (κ1) is 16.7. The maximum Gasteiger partial charge on any atom is 0.264 e. The van der Waals surface area contributed by atoms with E-state index in [1.807, 2.05) is 0 Å². The molecule has 1 aliphatic rings. The SMILES string of the molecule is C=CCn1c(O)c(C=N[C@H]2CCC[C@H](C)[C@H]2C)c(=O)[nH]c1=S. The minimum absolute atomic E-state index is 0.154. The molecule has 0 saturated heterocycles. The molecule has 0 amide bonds.